The average molecular weight is 265 g/mol. The van der Waals surface area contributed by atoms with Crippen molar-refractivity contribution in [1.29, 1.82) is 5.26 Å². The number of nitriles is 1. The molecule has 1 aromatic carbocycles. The highest BCUT2D eigenvalue weighted by molar-refractivity contribution is 7.71. The Morgan fingerprint density at radius 2 is 2.06 bits per heavy atom. The molecule has 0 amide bonds. The highest BCUT2D eigenvalue weighted by Gasteiger charge is 2.04. The molecule has 0 fully saturated rings. The molecule has 1 heterocycles. The van der Waals surface area contributed by atoms with E-state index in [4.69, 9.17) is 29.1 Å². The van der Waals surface area contributed by atoms with Crippen LogP contribution in [0.25, 0.3) is 11.3 Å². The fourth-order valence-electron chi connectivity index (χ4n) is 1.39. The summed E-state index contributed by atoms with van der Waals surface area (Å²) in [6, 6.07) is 9.67. The minimum absolute atomic E-state index is 0.0474. The third kappa shape index (κ3) is 2.36. The molecule has 17 heavy (non-hydrogen) atoms. The molecule has 84 valence electrons. The molecule has 2 nitrogen and oxygen atoms in total. The van der Waals surface area contributed by atoms with Gasteiger partial charge in [0.15, 0.2) is 0 Å². The second-order valence-corrected chi connectivity index (χ2v) is 4.17. The lowest BCUT2D eigenvalue weighted by Crippen LogP contribution is -1.88. The average Bonchev–Trinajstić information content (AvgIpc) is 2.32. The summed E-state index contributed by atoms with van der Waals surface area (Å²) in [4.78, 5) is 2.90. The predicted octanol–water partition coefficient (Wildman–Crippen LogP) is 4.08. The Kier molecular flexibility index (Phi) is 3.23. The molecular weight excluding hydrogens is 259 g/mol. The van der Waals surface area contributed by atoms with Crippen LogP contribution in [0.4, 0.5) is 4.39 Å². The van der Waals surface area contributed by atoms with Crippen molar-refractivity contribution in [3.8, 4) is 17.3 Å². The van der Waals surface area contributed by atoms with E-state index in [2.05, 4.69) is 4.98 Å². The fraction of sp³-hybridized carbons (Fsp3) is 0. The second-order valence-electron chi connectivity index (χ2n) is 3.36. The third-order valence-corrected chi connectivity index (χ3v) is 2.87. The number of rotatable bonds is 1. The highest BCUT2D eigenvalue weighted by atomic mass is 35.5. The number of halogens is 2. The molecule has 0 aliphatic heterocycles. The molecule has 0 saturated carbocycles. The smallest absolute Gasteiger partial charge is 0.141 e. The minimum atomic E-state index is -0.470. The first kappa shape index (κ1) is 11.8. The van der Waals surface area contributed by atoms with E-state index in [0.29, 0.717) is 21.5 Å². The van der Waals surface area contributed by atoms with E-state index in [-0.39, 0.29) is 5.02 Å². The van der Waals surface area contributed by atoms with E-state index in [1.807, 2.05) is 6.07 Å². The van der Waals surface area contributed by atoms with Crippen LogP contribution in [-0.2, 0) is 0 Å². The van der Waals surface area contributed by atoms with Crippen LogP contribution < -0.4 is 0 Å². The first-order chi connectivity index (χ1) is 8.11. The lowest BCUT2D eigenvalue weighted by Gasteiger charge is -2.03. The highest BCUT2D eigenvalue weighted by Crippen LogP contribution is 2.23. The molecule has 0 aliphatic carbocycles. The van der Waals surface area contributed by atoms with Gasteiger partial charge in [0.2, 0.25) is 0 Å². The fourth-order valence-corrected chi connectivity index (χ4v) is 1.80. The van der Waals surface area contributed by atoms with E-state index < -0.39 is 5.82 Å². The number of nitrogens with one attached hydrogen (secondary N) is 1. The summed E-state index contributed by atoms with van der Waals surface area (Å²) in [7, 11) is 0. The number of hydrogen-bond acceptors (Lipinski definition) is 2. The van der Waals surface area contributed by atoms with Gasteiger partial charge in [0.05, 0.1) is 10.6 Å². The topological polar surface area (TPSA) is 39.6 Å². The summed E-state index contributed by atoms with van der Waals surface area (Å²) < 4.78 is 13.4. The van der Waals surface area contributed by atoms with Gasteiger partial charge in [0.1, 0.15) is 16.5 Å². The van der Waals surface area contributed by atoms with Crippen molar-refractivity contribution < 1.29 is 4.39 Å². The summed E-state index contributed by atoms with van der Waals surface area (Å²) in [5.74, 6) is -0.470. The molecule has 0 spiro atoms. The molecule has 5 heteroatoms. The van der Waals surface area contributed by atoms with Gasteiger partial charge in [-0.3, -0.25) is 0 Å². The lowest BCUT2D eigenvalue weighted by atomic mass is 10.1. The number of aromatic amines is 1. The quantitative estimate of drug-likeness (QED) is 0.789. The zero-order valence-corrected chi connectivity index (χ0v) is 10.1. The summed E-state index contributed by atoms with van der Waals surface area (Å²) in [6.45, 7) is 0. The molecule has 0 atom stereocenters. The van der Waals surface area contributed by atoms with Crippen LogP contribution in [0.1, 0.15) is 5.56 Å². The van der Waals surface area contributed by atoms with Gasteiger partial charge < -0.3 is 4.98 Å². The number of benzene rings is 1. The van der Waals surface area contributed by atoms with Crippen LogP contribution in [0.5, 0.6) is 0 Å². The Hall–Kier alpha value is -1.70. The Morgan fingerprint density at radius 3 is 2.65 bits per heavy atom. The van der Waals surface area contributed by atoms with Gasteiger partial charge in [-0.05, 0) is 35.9 Å². The molecule has 0 unspecified atom stereocenters. The van der Waals surface area contributed by atoms with Crippen LogP contribution in [0.3, 0.4) is 0 Å². The summed E-state index contributed by atoms with van der Waals surface area (Å²) in [6.07, 6.45) is 0. The van der Waals surface area contributed by atoms with Gasteiger partial charge in [-0.25, -0.2) is 4.39 Å². The van der Waals surface area contributed by atoms with Crippen molar-refractivity contribution in [1.82, 2.24) is 4.98 Å². The monoisotopic (exact) mass is 264 g/mol. The molecule has 0 aliphatic rings. The van der Waals surface area contributed by atoms with E-state index in [1.54, 1.807) is 18.2 Å². The third-order valence-electron chi connectivity index (χ3n) is 2.26. The molecular formula is C12H6ClFN2S. The lowest BCUT2D eigenvalue weighted by molar-refractivity contribution is 0.628. The maximum Gasteiger partial charge on any atom is 0.141 e. The molecule has 1 aromatic heterocycles. The maximum absolute atomic E-state index is 13.0. The SMILES string of the molecule is N#Cc1ccc(-c2ccc(F)c(Cl)c2)[nH]c1=S. The molecule has 1 N–H and O–H groups in total. The van der Waals surface area contributed by atoms with Gasteiger partial charge in [-0.1, -0.05) is 23.8 Å². The van der Waals surface area contributed by atoms with Crippen molar-refractivity contribution in [3.05, 3.63) is 51.4 Å². The Morgan fingerprint density at radius 1 is 1.29 bits per heavy atom. The number of H-pyrrole nitrogens is 1. The number of pyridine rings is 1. The standard InChI is InChI=1S/C12H6ClFN2S/c13-9-5-7(1-3-10(9)14)11-4-2-8(6-15)12(17)16-11/h1-5H,(H,16,17). The molecule has 0 bridgehead atoms. The van der Waals surface area contributed by atoms with Gasteiger partial charge in [-0.2, -0.15) is 5.26 Å². The van der Waals surface area contributed by atoms with Gasteiger partial charge in [0, 0.05) is 5.69 Å². The van der Waals surface area contributed by atoms with E-state index >= 15 is 0 Å². The maximum atomic E-state index is 13.0. The molecule has 2 aromatic rings. The molecule has 0 radical (unpaired) electrons. The summed E-state index contributed by atoms with van der Waals surface area (Å²) >= 11 is 10.7. The zero-order chi connectivity index (χ0) is 12.4. The van der Waals surface area contributed by atoms with E-state index in [0.717, 1.165) is 0 Å². The van der Waals surface area contributed by atoms with Crippen LogP contribution in [0.15, 0.2) is 30.3 Å². The van der Waals surface area contributed by atoms with Crippen LogP contribution >= 0.6 is 23.8 Å². The van der Waals surface area contributed by atoms with Gasteiger partial charge >= 0.3 is 0 Å². The summed E-state index contributed by atoms with van der Waals surface area (Å²) in [5.41, 5.74) is 1.81. The Labute approximate surface area is 107 Å². The van der Waals surface area contributed by atoms with Crippen molar-refractivity contribution in [2.45, 2.75) is 0 Å². The largest absolute Gasteiger partial charge is 0.345 e. The number of aromatic nitrogens is 1. The van der Waals surface area contributed by atoms with Crippen LogP contribution in [0, 0.1) is 21.8 Å². The van der Waals surface area contributed by atoms with Crippen molar-refractivity contribution in [2.24, 2.45) is 0 Å². The van der Waals surface area contributed by atoms with Crippen molar-refractivity contribution in [3.63, 3.8) is 0 Å². The Balaban J connectivity index is 2.54. The summed E-state index contributed by atoms with van der Waals surface area (Å²) in [5, 5.41) is 8.80. The minimum Gasteiger partial charge on any atom is -0.345 e. The number of hydrogen-bond donors (Lipinski definition) is 1. The van der Waals surface area contributed by atoms with Gasteiger partial charge in [0.25, 0.3) is 0 Å². The predicted molar refractivity (Wildman–Crippen MR) is 66.7 cm³/mol. The van der Waals surface area contributed by atoms with E-state index in [1.165, 1.54) is 12.1 Å². The number of nitrogens with zero attached hydrogens (tertiary/aromatic N) is 1. The zero-order valence-electron chi connectivity index (χ0n) is 8.50. The normalized spacial score (nSPS) is 9.94. The van der Waals surface area contributed by atoms with Crippen molar-refractivity contribution >= 4 is 23.8 Å². The second kappa shape index (κ2) is 4.66. The van der Waals surface area contributed by atoms with Crippen molar-refractivity contribution in [2.75, 3.05) is 0 Å². The van der Waals surface area contributed by atoms with E-state index in [9.17, 15) is 4.39 Å². The first-order valence-corrected chi connectivity index (χ1v) is 5.49. The molecule has 0 saturated heterocycles. The first-order valence-electron chi connectivity index (χ1n) is 4.70. The van der Waals surface area contributed by atoms with Gasteiger partial charge in [-0.15, -0.1) is 0 Å². The Bertz CT molecular complexity index is 673. The molecule has 2 rings (SSSR count). The van der Waals surface area contributed by atoms with Crippen LogP contribution in [0.2, 0.25) is 5.02 Å². The van der Waals surface area contributed by atoms with Crippen LogP contribution in [-0.4, -0.2) is 4.98 Å².